The van der Waals surface area contributed by atoms with Gasteiger partial charge in [-0.2, -0.15) is 5.26 Å². The summed E-state index contributed by atoms with van der Waals surface area (Å²) < 4.78 is 4.57. The molecule has 0 aliphatic rings. The third-order valence-corrected chi connectivity index (χ3v) is 8.42. The molecule has 0 atom stereocenters. The van der Waals surface area contributed by atoms with Crippen LogP contribution in [-0.4, -0.2) is 4.57 Å². The van der Waals surface area contributed by atoms with Gasteiger partial charge in [-0.15, -0.1) is 0 Å². The first kappa shape index (κ1) is 23.2. The van der Waals surface area contributed by atoms with Gasteiger partial charge >= 0.3 is 0 Å². The molecule has 0 unspecified atom stereocenters. The van der Waals surface area contributed by atoms with Crippen molar-refractivity contribution in [1.82, 2.24) is 4.57 Å². The summed E-state index contributed by atoms with van der Waals surface area (Å²) in [5.41, 5.74) is 9.96. The molecule has 0 bridgehead atoms. The molecule has 3 heteroatoms. The number of pyridine rings is 1. The van der Waals surface area contributed by atoms with E-state index in [1.807, 2.05) is 6.92 Å². The fourth-order valence-corrected chi connectivity index (χ4v) is 6.35. The van der Waals surface area contributed by atoms with E-state index in [9.17, 15) is 5.26 Å². The van der Waals surface area contributed by atoms with Crippen LogP contribution >= 0.6 is 0 Å². The molecule has 186 valence electrons. The molecule has 2 heterocycles. The number of aryl methyl sites for hydroxylation is 2. The summed E-state index contributed by atoms with van der Waals surface area (Å²) in [6.45, 7) is 6.22. The monoisotopic (exact) mass is 502 g/mol. The van der Waals surface area contributed by atoms with E-state index in [-0.39, 0.29) is 0 Å². The Labute approximate surface area is 227 Å². The molecule has 2 aromatic heterocycles. The maximum Gasteiger partial charge on any atom is 0.220 e. The van der Waals surface area contributed by atoms with E-state index in [1.165, 1.54) is 54.6 Å². The molecule has 39 heavy (non-hydrogen) atoms. The second-order valence-corrected chi connectivity index (χ2v) is 10.6. The summed E-state index contributed by atoms with van der Waals surface area (Å²) in [7, 11) is 2.10. The normalized spacial score (nSPS) is 11.6. The highest BCUT2D eigenvalue weighted by Crippen LogP contribution is 2.37. The van der Waals surface area contributed by atoms with Gasteiger partial charge in [0.15, 0.2) is 6.20 Å². The minimum Gasteiger partial charge on any atom is -0.309 e. The van der Waals surface area contributed by atoms with Crippen LogP contribution in [0.4, 0.5) is 0 Å². The zero-order valence-corrected chi connectivity index (χ0v) is 22.6. The highest BCUT2D eigenvalue weighted by molar-refractivity contribution is 6.12. The number of nitrogens with zero attached hydrogens (tertiary/aromatic N) is 3. The van der Waals surface area contributed by atoms with Crippen LogP contribution in [0.1, 0.15) is 22.3 Å². The second-order valence-electron chi connectivity index (χ2n) is 10.6. The molecule has 0 saturated heterocycles. The standard InChI is InChI=1S/C36H28N3/c1-22-19-32(23(2)24(3)33(22)21-37)36-31-15-13-25-20-26(14-16-27(25)28(31)17-18-38(36)4)39-34-11-7-5-9-29(34)30-10-6-8-12-35(30)39/h5-20H,1-4H3/q+1. The minimum absolute atomic E-state index is 0.780. The molecule has 0 spiro atoms. The van der Waals surface area contributed by atoms with Gasteiger partial charge in [0.1, 0.15) is 7.05 Å². The van der Waals surface area contributed by atoms with Crippen molar-refractivity contribution in [1.29, 1.82) is 5.26 Å². The van der Waals surface area contributed by atoms with Gasteiger partial charge in [-0.3, -0.25) is 0 Å². The molecule has 0 N–H and O–H groups in total. The molecule has 7 aromatic rings. The molecule has 0 aliphatic heterocycles. The number of fused-ring (bicyclic) bond motifs is 6. The molecular formula is C36H28N3+. The summed E-state index contributed by atoms with van der Waals surface area (Å²) in [6.07, 6.45) is 2.15. The maximum absolute atomic E-state index is 9.68. The number of aromatic nitrogens is 2. The lowest BCUT2D eigenvalue weighted by Gasteiger charge is -2.14. The van der Waals surface area contributed by atoms with Crippen LogP contribution < -0.4 is 4.57 Å². The van der Waals surface area contributed by atoms with Gasteiger partial charge in [0.25, 0.3) is 0 Å². The van der Waals surface area contributed by atoms with Crippen molar-refractivity contribution in [3.63, 3.8) is 0 Å². The van der Waals surface area contributed by atoms with Gasteiger partial charge in [0, 0.05) is 27.9 Å². The number of hydrogen-bond acceptors (Lipinski definition) is 1. The van der Waals surface area contributed by atoms with Crippen LogP contribution in [0.25, 0.3) is 60.3 Å². The summed E-state index contributed by atoms with van der Waals surface area (Å²) in [4.78, 5) is 0. The molecule has 0 radical (unpaired) electrons. The lowest BCUT2D eigenvalue weighted by Crippen LogP contribution is -2.31. The fourth-order valence-electron chi connectivity index (χ4n) is 6.35. The van der Waals surface area contributed by atoms with Crippen LogP contribution in [-0.2, 0) is 7.05 Å². The molecule has 0 amide bonds. The Kier molecular flexibility index (Phi) is 5.08. The summed E-state index contributed by atoms with van der Waals surface area (Å²) in [6, 6.07) is 35.4. The predicted octanol–water partition coefficient (Wildman–Crippen LogP) is 8.38. The van der Waals surface area contributed by atoms with E-state index in [2.05, 4.69) is 133 Å². The first-order valence-corrected chi connectivity index (χ1v) is 13.3. The largest absolute Gasteiger partial charge is 0.309 e. The number of nitriles is 1. The zero-order valence-electron chi connectivity index (χ0n) is 22.6. The number of benzene rings is 5. The predicted molar refractivity (Wildman–Crippen MR) is 161 cm³/mol. The van der Waals surface area contributed by atoms with Crippen LogP contribution in [0.3, 0.4) is 0 Å². The van der Waals surface area contributed by atoms with Crippen LogP contribution in [0, 0.1) is 32.1 Å². The van der Waals surface area contributed by atoms with Crippen LogP contribution in [0.15, 0.2) is 97.2 Å². The molecule has 7 rings (SSSR count). The van der Waals surface area contributed by atoms with E-state index in [1.54, 1.807) is 0 Å². The highest BCUT2D eigenvalue weighted by Gasteiger charge is 2.21. The lowest BCUT2D eigenvalue weighted by atomic mass is 9.90. The van der Waals surface area contributed by atoms with Gasteiger partial charge < -0.3 is 4.57 Å². The summed E-state index contributed by atoms with van der Waals surface area (Å²) in [5, 5.41) is 17.1. The lowest BCUT2D eigenvalue weighted by molar-refractivity contribution is -0.659. The van der Waals surface area contributed by atoms with Gasteiger partial charge in [0.05, 0.1) is 33.6 Å². The van der Waals surface area contributed by atoms with Crippen molar-refractivity contribution in [3.05, 3.63) is 119 Å². The van der Waals surface area contributed by atoms with Gasteiger partial charge in [-0.25, -0.2) is 4.57 Å². The summed E-state index contributed by atoms with van der Waals surface area (Å²) in [5.74, 6) is 0. The summed E-state index contributed by atoms with van der Waals surface area (Å²) >= 11 is 0. The van der Waals surface area contributed by atoms with Crippen molar-refractivity contribution in [3.8, 4) is 23.0 Å². The number of hydrogen-bond donors (Lipinski definition) is 0. The van der Waals surface area contributed by atoms with E-state index in [0.717, 1.165) is 27.9 Å². The van der Waals surface area contributed by atoms with Crippen molar-refractivity contribution >= 4 is 43.4 Å². The SMILES string of the molecule is Cc1cc(-c2c3ccc4cc(-n5c6ccccc6c6ccccc65)ccc4c3cc[n+]2C)c(C)c(C)c1C#N. The first-order chi connectivity index (χ1) is 19.0. The van der Waals surface area contributed by atoms with E-state index in [4.69, 9.17) is 0 Å². The van der Waals surface area contributed by atoms with Crippen molar-refractivity contribution in [2.24, 2.45) is 7.05 Å². The number of para-hydroxylation sites is 2. The molecule has 0 saturated carbocycles. The second kappa shape index (κ2) is 8.55. The third kappa shape index (κ3) is 3.32. The Morgan fingerprint density at radius 3 is 2.03 bits per heavy atom. The molecular weight excluding hydrogens is 474 g/mol. The van der Waals surface area contributed by atoms with Crippen molar-refractivity contribution in [2.75, 3.05) is 0 Å². The molecule has 3 nitrogen and oxygen atoms in total. The van der Waals surface area contributed by atoms with E-state index in [0.29, 0.717) is 0 Å². The van der Waals surface area contributed by atoms with Gasteiger partial charge in [-0.05, 0) is 84.6 Å². The van der Waals surface area contributed by atoms with Gasteiger partial charge in [0.2, 0.25) is 5.69 Å². The average molecular weight is 503 g/mol. The fraction of sp³-hybridized carbons (Fsp3) is 0.111. The number of rotatable bonds is 2. The van der Waals surface area contributed by atoms with Crippen molar-refractivity contribution in [2.45, 2.75) is 20.8 Å². The van der Waals surface area contributed by atoms with E-state index < -0.39 is 0 Å². The maximum atomic E-state index is 9.68. The smallest absolute Gasteiger partial charge is 0.220 e. The molecule has 0 aliphatic carbocycles. The third-order valence-electron chi connectivity index (χ3n) is 8.42. The molecule has 5 aromatic carbocycles. The minimum atomic E-state index is 0.780. The first-order valence-electron chi connectivity index (χ1n) is 13.3. The Morgan fingerprint density at radius 1 is 0.667 bits per heavy atom. The Hall–Kier alpha value is -4.94. The van der Waals surface area contributed by atoms with Crippen LogP contribution in [0.5, 0.6) is 0 Å². The zero-order chi connectivity index (χ0) is 26.8. The Bertz CT molecular complexity index is 2120. The van der Waals surface area contributed by atoms with Crippen molar-refractivity contribution < 1.29 is 4.57 Å². The average Bonchev–Trinajstić information content (AvgIpc) is 3.29. The van der Waals surface area contributed by atoms with Crippen LogP contribution in [0.2, 0.25) is 0 Å². The quantitative estimate of drug-likeness (QED) is 0.173. The molecule has 0 fully saturated rings. The van der Waals surface area contributed by atoms with Gasteiger partial charge in [-0.1, -0.05) is 48.5 Å². The Balaban J connectivity index is 1.48. The van der Waals surface area contributed by atoms with E-state index >= 15 is 0 Å². The Morgan fingerprint density at radius 2 is 1.33 bits per heavy atom. The highest BCUT2D eigenvalue weighted by atomic mass is 15.0. The topological polar surface area (TPSA) is 32.6 Å².